The summed E-state index contributed by atoms with van der Waals surface area (Å²) in [5, 5.41) is 18.1. The Kier molecular flexibility index (Phi) is 4.54. The van der Waals surface area contributed by atoms with Crippen LogP contribution in [-0.4, -0.2) is 53.3 Å². The van der Waals surface area contributed by atoms with Gasteiger partial charge in [0.05, 0.1) is 6.20 Å². The average Bonchev–Trinajstić information content (AvgIpc) is 3.15. The van der Waals surface area contributed by atoms with Crippen LogP contribution in [0.5, 0.6) is 11.5 Å². The van der Waals surface area contributed by atoms with Gasteiger partial charge in [-0.05, 0) is 36.8 Å². The zero-order valence-electron chi connectivity index (χ0n) is 14.6. The third-order valence-electron chi connectivity index (χ3n) is 5.03. The summed E-state index contributed by atoms with van der Waals surface area (Å²) in [6.07, 6.45) is 1.44. The van der Waals surface area contributed by atoms with Crippen LogP contribution in [0.1, 0.15) is 18.5 Å². The molecule has 2 N–H and O–H groups in total. The second-order valence-corrected chi connectivity index (χ2v) is 6.48. The van der Waals surface area contributed by atoms with Gasteiger partial charge in [0, 0.05) is 32.2 Å². The van der Waals surface area contributed by atoms with Gasteiger partial charge < -0.3 is 14.4 Å². The van der Waals surface area contributed by atoms with Gasteiger partial charge in [0.15, 0.2) is 11.5 Å². The monoisotopic (exact) mass is 358 g/mol. The molecule has 0 radical (unpaired) electrons. The summed E-state index contributed by atoms with van der Waals surface area (Å²) in [5.74, 6) is 2.47. The van der Waals surface area contributed by atoms with Gasteiger partial charge in [0.2, 0.25) is 6.79 Å². The van der Waals surface area contributed by atoms with Gasteiger partial charge in [-0.1, -0.05) is 6.07 Å². The third-order valence-corrected chi connectivity index (χ3v) is 5.03. The molecule has 1 unspecified atom stereocenters. The second kappa shape index (κ2) is 6.99. The Labute approximate surface area is 151 Å². The first kappa shape index (κ1) is 16.9. The summed E-state index contributed by atoms with van der Waals surface area (Å²) in [7, 11) is 0. The molecule has 1 atom stereocenters. The Morgan fingerprint density at radius 3 is 2.50 bits per heavy atom. The maximum Gasteiger partial charge on any atom is 0.231 e. The molecule has 26 heavy (non-hydrogen) atoms. The molecule has 4 rings (SSSR count). The minimum absolute atomic E-state index is 0.0712. The predicted molar refractivity (Wildman–Crippen MR) is 95.1 cm³/mol. The Morgan fingerprint density at radius 2 is 1.81 bits per heavy atom. The molecule has 0 saturated carbocycles. The van der Waals surface area contributed by atoms with E-state index in [9.17, 15) is 0 Å². The van der Waals surface area contributed by atoms with Crippen LogP contribution < -0.4 is 19.6 Å². The first-order valence-electron chi connectivity index (χ1n) is 8.64. The summed E-state index contributed by atoms with van der Waals surface area (Å²) in [4.78, 5) is 8.94. The van der Waals surface area contributed by atoms with Gasteiger partial charge >= 0.3 is 0 Å². The lowest BCUT2D eigenvalue weighted by Crippen LogP contribution is -2.47. The Morgan fingerprint density at radius 1 is 1.04 bits per heavy atom. The molecule has 8 heteroatoms. The molecule has 1 aromatic heterocycles. The van der Waals surface area contributed by atoms with Crippen molar-refractivity contribution in [3.63, 3.8) is 0 Å². The third kappa shape index (κ3) is 3.26. The van der Waals surface area contributed by atoms with Crippen LogP contribution in [0.3, 0.4) is 0 Å². The molecule has 0 bridgehead atoms. The number of hydrogen-bond donors (Lipinski definition) is 2. The molecule has 0 spiro atoms. The minimum atomic E-state index is 0.0712. The van der Waals surface area contributed by atoms with Crippen LogP contribution in [0, 0.1) is 0 Å². The van der Waals surface area contributed by atoms with Crippen molar-refractivity contribution in [2.24, 2.45) is 0 Å². The Bertz CT molecular complexity index is 760. The molecule has 2 aliphatic heterocycles. The number of ether oxygens (including phenoxy) is 2. The van der Waals surface area contributed by atoms with E-state index in [-0.39, 0.29) is 10.9 Å². The van der Waals surface area contributed by atoms with E-state index in [2.05, 4.69) is 33.8 Å². The van der Waals surface area contributed by atoms with Crippen LogP contribution in [-0.2, 0) is 0 Å². The lowest BCUT2D eigenvalue weighted by Gasteiger charge is -2.38. The molecule has 2 aromatic rings. The van der Waals surface area contributed by atoms with E-state index < -0.39 is 0 Å². The van der Waals surface area contributed by atoms with Crippen molar-refractivity contribution in [1.29, 1.82) is 0 Å². The average molecular weight is 358 g/mol. The zero-order chi connectivity index (χ0) is 18.1. The molecule has 0 amide bonds. The number of hydrogen-bond acceptors (Lipinski definition) is 8. The van der Waals surface area contributed by atoms with Crippen molar-refractivity contribution >= 4 is 11.5 Å². The summed E-state index contributed by atoms with van der Waals surface area (Å²) in [6, 6.07) is 9.85. The van der Waals surface area contributed by atoms with Crippen molar-refractivity contribution in [3.05, 3.63) is 42.1 Å². The number of benzene rings is 1. The lowest BCUT2D eigenvalue weighted by atomic mass is 10.1. The van der Waals surface area contributed by atoms with E-state index in [1.54, 1.807) is 12.1 Å². The highest BCUT2D eigenvalue weighted by molar-refractivity contribution is 5.48. The molecule has 1 aromatic carbocycles. The highest BCUT2D eigenvalue weighted by Gasteiger charge is 2.24. The molecule has 2 aliphatic rings. The van der Waals surface area contributed by atoms with Crippen molar-refractivity contribution in [1.82, 2.24) is 9.88 Å². The maximum atomic E-state index is 9.00. The summed E-state index contributed by atoms with van der Waals surface area (Å²) >= 11 is 0. The molecule has 138 valence electrons. The van der Waals surface area contributed by atoms with Crippen molar-refractivity contribution < 1.29 is 19.9 Å². The smallest absolute Gasteiger partial charge is 0.231 e. The normalized spacial score (nSPS) is 18.0. The molecule has 1 saturated heterocycles. The molecule has 3 heterocycles. The molecule has 1 fully saturated rings. The van der Waals surface area contributed by atoms with Crippen molar-refractivity contribution in [2.75, 3.05) is 43.1 Å². The predicted octanol–water partition coefficient (Wildman–Crippen LogP) is 2.28. The molecule has 8 nitrogen and oxygen atoms in total. The SMILES string of the molecule is CC(c1ccc2c(c1)OCO2)N1CCN(c2ccc(N(O)O)cn2)CC1. The van der Waals surface area contributed by atoms with Gasteiger partial charge in [-0.2, -0.15) is 0 Å². The molecular weight excluding hydrogens is 336 g/mol. The standard InChI is InChI=1S/C18H22N4O4/c1-13(14-2-4-16-17(10-14)26-12-25-16)20-6-8-21(9-7-20)18-5-3-15(11-19-18)22(23)24/h2-5,10-11,13,23-24H,6-9,12H2,1H3. The van der Waals surface area contributed by atoms with E-state index in [0.29, 0.717) is 12.8 Å². The number of anilines is 2. The van der Waals surface area contributed by atoms with Crippen LogP contribution in [0.2, 0.25) is 0 Å². The highest BCUT2D eigenvalue weighted by Crippen LogP contribution is 2.35. The number of fused-ring (bicyclic) bond motifs is 1. The topological polar surface area (TPSA) is 81.5 Å². The van der Waals surface area contributed by atoms with E-state index in [0.717, 1.165) is 43.5 Å². The fourth-order valence-corrected chi connectivity index (χ4v) is 3.41. The highest BCUT2D eigenvalue weighted by atomic mass is 16.8. The minimum Gasteiger partial charge on any atom is -0.454 e. The largest absolute Gasteiger partial charge is 0.454 e. The van der Waals surface area contributed by atoms with E-state index in [1.165, 1.54) is 11.8 Å². The number of nitrogens with zero attached hydrogens (tertiary/aromatic N) is 4. The first-order valence-corrected chi connectivity index (χ1v) is 8.64. The number of rotatable bonds is 4. The van der Waals surface area contributed by atoms with Gasteiger partial charge in [0.25, 0.3) is 0 Å². The Balaban J connectivity index is 1.38. The van der Waals surface area contributed by atoms with E-state index in [1.807, 2.05) is 6.07 Å². The Hall–Kier alpha value is -2.55. The van der Waals surface area contributed by atoms with Gasteiger partial charge in [-0.25, -0.2) is 4.98 Å². The van der Waals surface area contributed by atoms with Gasteiger partial charge in [-0.3, -0.25) is 15.3 Å². The summed E-state index contributed by atoms with van der Waals surface area (Å²) in [5.41, 5.74) is 1.46. The lowest BCUT2D eigenvalue weighted by molar-refractivity contribution is 0.0290. The number of aromatic nitrogens is 1. The van der Waals surface area contributed by atoms with Crippen LogP contribution in [0.25, 0.3) is 0 Å². The van der Waals surface area contributed by atoms with Gasteiger partial charge in [0.1, 0.15) is 11.5 Å². The summed E-state index contributed by atoms with van der Waals surface area (Å²) < 4.78 is 10.9. The number of pyridine rings is 1. The quantitative estimate of drug-likeness (QED) is 0.806. The van der Waals surface area contributed by atoms with Crippen LogP contribution in [0.4, 0.5) is 11.5 Å². The molecule has 0 aliphatic carbocycles. The fraction of sp³-hybridized carbons (Fsp3) is 0.389. The number of piperazine rings is 1. The fourth-order valence-electron chi connectivity index (χ4n) is 3.41. The molecular formula is C18H22N4O4. The maximum absolute atomic E-state index is 9.00. The van der Waals surface area contributed by atoms with Crippen LogP contribution >= 0.6 is 0 Å². The second-order valence-electron chi connectivity index (χ2n) is 6.48. The van der Waals surface area contributed by atoms with Crippen molar-refractivity contribution in [2.45, 2.75) is 13.0 Å². The van der Waals surface area contributed by atoms with E-state index >= 15 is 0 Å². The summed E-state index contributed by atoms with van der Waals surface area (Å²) in [6.45, 7) is 6.07. The van der Waals surface area contributed by atoms with Gasteiger partial charge in [-0.15, -0.1) is 5.23 Å². The first-order chi connectivity index (χ1) is 12.6. The zero-order valence-corrected chi connectivity index (χ0v) is 14.6. The van der Waals surface area contributed by atoms with Crippen LogP contribution in [0.15, 0.2) is 36.5 Å². The van der Waals surface area contributed by atoms with E-state index in [4.69, 9.17) is 19.9 Å². The van der Waals surface area contributed by atoms with Crippen molar-refractivity contribution in [3.8, 4) is 11.5 Å².